The lowest BCUT2D eigenvalue weighted by Gasteiger charge is -2.25. The van der Waals surface area contributed by atoms with E-state index in [2.05, 4.69) is 0 Å². The first-order valence-corrected chi connectivity index (χ1v) is 8.71. The molecule has 1 amide bonds. The molecule has 0 aliphatic carbocycles. The predicted octanol–water partition coefficient (Wildman–Crippen LogP) is 4.41. The number of ketones is 1. The fourth-order valence-electron chi connectivity index (χ4n) is 3.23. The molecule has 0 bridgehead atoms. The maximum Gasteiger partial charge on any atom is 0.294 e. The highest BCUT2D eigenvalue weighted by molar-refractivity contribution is 6.16. The zero-order valence-electron chi connectivity index (χ0n) is 15.4. The van der Waals surface area contributed by atoms with E-state index in [1.807, 2.05) is 45.9 Å². The Balaban J connectivity index is 2.12. The first kappa shape index (κ1) is 18.0. The summed E-state index contributed by atoms with van der Waals surface area (Å²) in [4.78, 5) is 27.0. The lowest BCUT2D eigenvalue weighted by Crippen LogP contribution is -2.31. The minimum Gasteiger partial charge on any atom is -0.503 e. The second kappa shape index (κ2) is 6.83. The standard InChI is InChI=1S/C21H23NO4/c1-12(2)10-16(23)18-19(17-6-5-9-26-17)22(21(25)20(18)24)15-8-7-13(3)14(4)11-15/h5-9,11-12,19,24H,10H2,1-4H3. The van der Waals surface area contributed by atoms with Crippen molar-refractivity contribution in [3.63, 3.8) is 0 Å². The van der Waals surface area contributed by atoms with Crippen molar-refractivity contribution >= 4 is 17.4 Å². The van der Waals surface area contributed by atoms with Gasteiger partial charge in [-0.15, -0.1) is 0 Å². The van der Waals surface area contributed by atoms with E-state index in [-0.39, 0.29) is 23.7 Å². The second-order valence-corrected chi connectivity index (χ2v) is 7.15. The Labute approximate surface area is 152 Å². The van der Waals surface area contributed by atoms with Crippen LogP contribution in [0, 0.1) is 19.8 Å². The van der Waals surface area contributed by atoms with E-state index in [0.717, 1.165) is 11.1 Å². The molecule has 0 saturated heterocycles. The van der Waals surface area contributed by atoms with Gasteiger partial charge in [-0.05, 0) is 55.2 Å². The molecule has 0 saturated carbocycles. The van der Waals surface area contributed by atoms with Gasteiger partial charge < -0.3 is 9.52 Å². The third-order valence-corrected chi connectivity index (χ3v) is 4.68. The summed E-state index contributed by atoms with van der Waals surface area (Å²) < 4.78 is 5.51. The van der Waals surface area contributed by atoms with Crippen molar-refractivity contribution in [1.82, 2.24) is 0 Å². The average molecular weight is 353 g/mol. The smallest absolute Gasteiger partial charge is 0.294 e. The summed E-state index contributed by atoms with van der Waals surface area (Å²) in [6, 6.07) is 8.28. The Morgan fingerprint density at radius 3 is 2.54 bits per heavy atom. The van der Waals surface area contributed by atoms with Gasteiger partial charge in [-0.1, -0.05) is 19.9 Å². The molecule has 1 aromatic carbocycles. The second-order valence-electron chi connectivity index (χ2n) is 7.15. The fraction of sp³-hybridized carbons (Fsp3) is 0.333. The highest BCUT2D eigenvalue weighted by Crippen LogP contribution is 2.42. The van der Waals surface area contributed by atoms with Crippen LogP contribution in [0.2, 0.25) is 0 Å². The number of anilines is 1. The number of hydrogen-bond acceptors (Lipinski definition) is 4. The quantitative estimate of drug-likeness (QED) is 0.864. The number of amides is 1. The molecule has 1 unspecified atom stereocenters. The third-order valence-electron chi connectivity index (χ3n) is 4.68. The number of Topliss-reactive ketones (excluding diaryl/α,β-unsaturated/α-hetero) is 1. The normalized spacial score (nSPS) is 17.5. The van der Waals surface area contributed by atoms with Gasteiger partial charge >= 0.3 is 0 Å². The molecule has 1 atom stereocenters. The van der Waals surface area contributed by atoms with Crippen LogP contribution in [0.15, 0.2) is 52.3 Å². The van der Waals surface area contributed by atoms with E-state index in [9.17, 15) is 14.7 Å². The summed E-state index contributed by atoms with van der Waals surface area (Å²) in [5.41, 5.74) is 2.86. The molecule has 1 N–H and O–H groups in total. The molecule has 3 rings (SSSR count). The number of benzene rings is 1. The molecule has 5 heteroatoms. The predicted molar refractivity (Wildman–Crippen MR) is 99.0 cm³/mol. The number of carbonyl (C=O) groups is 2. The van der Waals surface area contributed by atoms with Crippen molar-refractivity contribution in [2.24, 2.45) is 5.92 Å². The van der Waals surface area contributed by atoms with Crippen molar-refractivity contribution in [3.8, 4) is 0 Å². The Bertz CT molecular complexity index is 877. The maximum absolute atomic E-state index is 12.8. The van der Waals surface area contributed by atoms with Gasteiger partial charge in [0.1, 0.15) is 11.8 Å². The van der Waals surface area contributed by atoms with Gasteiger partial charge in [-0.2, -0.15) is 0 Å². The summed E-state index contributed by atoms with van der Waals surface area (Å²) in [5.74, 6) is -0.742. The molecule has 1 aliphatic heterocycles. The van der Waals surface area contributed by atoms with Crippen LogP contribution in [0.3, 0.4) is 0 Å². The summed E-state index contributed by atoms with van der Waals surface area (Å²) in [6.45, 7) is 7.80. The molecular weight excluding hydrogens is 330 g/mol. The maximum atomic E-state index is 12.8. The van der Waals surface area contributed by atoms with Crippen LogP contribution in [-0.2, 0) is 9.59 Å². The molecule has 26 heavy (non-hydrogen) atoms. The summed E-state index contributed by atoms with van der Waals surface area (Å²) >= 11 is 0. The van der Waals surface area contributed by atoms with Crippen molar-refractivity contribution in [2.45, 2.75) is 40.2 Å². The van der Waals surface area contributed by atoms with Crippen LogP contribution in [-0.4, -0.2) is 16.8 Å². The fourth-order valence-corrected chi connectivity index (χ4v) is 3.23. The zero-order chi connectivity index (χ0) is 19.0. The highest BCUT2D eigenvalue weighted by Gasteiger charge is 2.45. The minimum atomic E-state index is -0.758. The van der Waals surface area contributed by atoms with Crippen molar-refractivity contribution in [2.75, 3.05) is 4.90 Å². The van der Waals surface area contributed by atoms with Crippen LogP contribution in [0.4, 0.5) is 5.69 Å². The van der Waals surface area contributed by atoms with E-state index in [1.165, 1.54) is 11.2 Å². The number of rotatable bonds is 5. The monoisotopic (exact) mass is 353 g/mol. The molecule has 1 aromatic heterocycles. The van der Waals surface area contributed by atoms with Gasteiger partial charge in [0.15, 0.2) is 11.5 Å². The highest BCUT2D eigenvalue weighted by atomic mass is 16.3. The molecule has 2 heterocycles. The largest absolute Gasteiger partial charge is 0.503 e. The van der Waals surface area contributed by atoms with Crippen LogP contribution >= 0.6 is 0 Å². The van der Waals surface area contributed by atoms with Crippen LogP contribution < -0.4 is 4.90 Å². The van der Waals surface area contributed by atoms with E-state index in [1.54, 1.807) is 12.1 Å². The Hall–Kier alpha value is -2.82. The van der Waals surface area contributed by atoms with Gasteiger partial charge in [0, 0.05) is 12.1 Å². The lowest BCUT2D eigenvalue weighted by atomic mass is 9.95. The molecule has 2 aromatic rings. The average Bonchev–Trinajstić information content (AvgIpc) is 3.17. The third kappa shape index (κ3) is 3.05. The zero-order valence-corrected chi connectivity index (χ0v) is 15.4. The Morgan fingerprint density at radius 2 is 1.96 bits per heavy atom. The van der Waals surface area contributed by atoms with Crippen LogP contribution in [0.5, 0.6) is 0 Å². The van der Waals surface area contributed by atoms with Crippen molar-refractivity contribution < 1.29 is 19.1 Å². The van der Waals surface area contributed by atoms with E-state index < -0.39 is 17.7 Å². The first-order valence-electron chi connectivity index (χ1n) is 8.71. The summed E-state index contributed by atoms with van der Waals surface area (Å²) in [7, 11) is 0. The molecule has 0 radical (unpaired) electrons. The topological polar surface area (TPSA) is 70.8 Å². The van der Waals surface area contributed by atoms with E-state index in [4.69, 9.17) is 4.42 Å². The number of aliphatic hydroxyl groups is 1. The molecule has 136 valence electrons. The van der Waals surface area contributed by atoms with Crippen molar-refractivity contribution in [1.29, 1.82) is 0 Å². The van der Waals surface area contributed by atoms with Gasteiger partial charge in [-0.25, -0.2) is 0 Å². The van der Waals surface area contributed by atoms with Gasteiger partial charge in [0.2, 0.25) is 0 Å². The molecule has 5 nitrogen and oxygen atoms in total. The van der Waals surface area contributed by atoms with Crippen LogP contribution in [0.25, 0.3) is 0 Å². The van der Waals surface area contributed by atoms with E-state index >= 15 is 0 Å². The van der Waals surface area contributed by atoms with Gasteiger partial charge in [0.05, 0.1) is 11.8 Å². The number of aliphatic hydroxyl groups excluding tert-OH is 1. The first-order chi connectivity index (χ1) is 12.3. The number of carbonyl (C=O) groups excluding carboxylic acids is 2. The minimum absolute atomic E-state index is 0.108. The van der Waals surface area contributed by atoms with Gasteiger partial charge in [-0.3, -0.25) is 14.5 Å². The number of furan rings is 1. The summed E-state index contributed by atoms with van der Waals surface area (Å²) in [5, 5.41) is 10.5. The van der Waals surface area contributed by atoms with Gasteiger partial charge in [0.25, 0.3) is 5.91 Å². The molecular formula is C21H23NO4. The number of hydrogen-bond donors (Lipinski definition) is 1. The number of nitrogens with zero attached hydrogens (tertiary/aromatic N) is 1. The Kier molecular flexibility index (Phi) is 4.72. The Morgan fingerprint density at radius 1 is 1.23 bits per heavy atom. The lowest BCUT2D eigenvalue weighted by molar-refractivity contribution is -0.118. The summed E-state index contributed by atoms with van der Waals surface area (Å²) in [6.07, 6.45) is 1.75. The molecule has 0 spiro atoms. The van der Waals surface area contributed by atoms with E-state index in [0.29, 0.717) is 11.4 Å². The number of aryl methyl sites for hydroxylation is 2. The van der Waals surface area contributed by atoms with Crippen molar-refractivity contribution in [3.05, 3.63) is 64.8 Å². The molecule has 0 fully saturated rings. The SMILES string of the molecule is Cc1ccc(N2C(=O)C(O)=C(C(=O)CC(C)C)C2c2ccco2)cc1C. The molecule has 1 aliphatic rings. The van der Waals surface area contributed by atoms with Crippen LogP contribution in [0.1, 0.15) is 43.2 Å².